The van der Waals surface area contributed by atoms with Crippen molar-refractivity contribution in [2.24, 2.45) is 0 Å². The molecule has 1 amide bonds. The summed E-state index contributed by atoms with van der Waals surface area (Å²) >= 11 is 0. The van der Waals surface area contributed by atoms with E-state index in [-0.39, 0.29) is 18.1 Å². The number of aliphatic hydroxyl groups excluding tert-OH is 1. The Morgan fingerprint density at radius 2 is 1.90 bits per heavy atom. The molecule has 3 heteroatoms. The predicted octanol–water partition coefficient (Wildman–Crippen LogP) is 3.16. The van der Waals surface area contributed by atoms with E-state index in [1.165, 1.54) is 5.56 Å². The minimum atomic E-state index is -0.336. The van der Waals surface area contributed by atoms with Gasteiger partial charge in [0.15, 0.2) is 0 Å². The number of rotatable bonds is 6. The fourth-order valence-corrected chi connectivity index (χ4v) is 3.15. The maximum absolute atomic E-state index is 12.2. The number of aliphatic hydroxyl groups is 1. The molecule has 1 aliphatic carbocycles. The molecule has 0 aliphatic heterocycles. The largest absolute Gasteiger partial charge is 0.391 e. The Kier molecular flexibility index (Phi) is 6.24. The van der Waals surface area contributed by atoms with Crippen molar-refractivity contribution in [3.05, 3.63) is 35.9 Å². The molecule has 0 saturated heterocycles. The molecule has 21 heavy (non-hydrogen) atoms. The fourth-order valence-electron chi connectivity index (χ4n) is 3.15. The van der Waals surface area contributed by atoms with Gasteiger partial charge in [-0.1, -0.05) is 43.2 Å². The molecule has 0 unspecified atom stereocenters. The maximum atomic E-state index is 12.2. The van der Waals surface area contributed by atoms with Gasteiger partial charge in [-0.15, -0.1) is 0 Å². The number of likely N-dealkylation sites (N-methyl/N-ethyl adjacent to an activating group) is 1. The van der Waals surface area contributed by atoms with Crippen molar-refractivity contribution in [1.29, 1.82) is 0 Å². The molecule has 1 aromatic carbocycles. The van der Waals surface area contributed by atoms with Crippen molar-refractivity contribution in [1.82, 2.24) is 4.90 Å². The average Bonchev–Trinajstić information content (AvgIpc) is 2.52. The first-order valence-corrected chi connectivity index (χ1v) is 8.16. The highest BCUT2D eigenvalue weighted by Crippen LogP contribution is 2.23. The molecule has 0 bridgehead atoms. The zero-order valence-electron chi connectivity index (χ0n) is 13.0. The standard InChI is InChI=1S/C18H27NO2/c1-19(16-12-6-7-13-17(16)20)18(21)14-8-5-11-15-9-3-2-4-10-15/h2-4,9-10,16-17,20H,5-8,11-14H2,1H3/t16-,17+/m1/s1. The van der Waals surface area contributed by atoms with Crippen LogP contribution in [0.2, 0.25) is 0 Å². The van der Waals surface area contributed by atoms with E-state index in [0.29, 0.717) is 6.42 Å². The monoisotopic (exact) mass is 289 g/mol. The number of benzene rings is 1. The molecular weight excluding hydrogens is 262 g/mol. The van der Waals surface area contributed by atoms with Gasteiger partial charge in [-0.05, 0) is 37.7 Å². The van der Waals surface area contributed by atoms with E-state index in [2.05, 4.69) is 24.3 Å². The van der Waals surface area contributed by atoms with Gasteiger partial charge in [0.25, 0.3) is 0 Å². The molecular formula is C18H27NO2. The molecule has 2 rings (SSSR count). The third kappa shape index (κ3) is 4.85. The molecule has 3 nitrogen and oxygen atoms in total. The summed E-state index contributed by atoms with van der Waals surface area (Å²) in [7, 11) is 1.85. The number of amides is 1. The summed E-state index contributed by atoms with van der Waals surface area (Å²) < 4.78 is 0. The van der Waals surface area contributed by atoms with Crippen LogP contribution in [0, 0.1) is 0 Å². The second-order valence-corrected chi connectivity index (χ2v) is 6.12. The van der Waals surface area contributed by atoms with Crippen LogP contribution in [0.25, 0.3) is 0 Å². The van der Waals surface area contributed by atoms with Gasteiger partial charge in [0.2, 0.25) is 5.91 Å². The summed E-state index contributed by atoms with van der Waals surface area (Å²) in [6.07, 6.45) is 7.21. The second kappa shape index (κ2) is 8.18. The summed E-state index contributed by atoms with van der Waals surface area (Å²) in [6, 6.07) is 10.4. The normalized spacial score (nSPS) is 22.0. The highest BCUT2D eigenvalue weighted by Gasteiger charge is 2.28. The van der Waals surface area contributed by atoms with Crippen LogP contribution >= 0.6 is 0 Å². The first-order chi connectivity index (χ1) is 10.2. The Morgan fingerprint density at radius 1 is 1.19 bits per heavy atom. The summed E-state index contributed by atoms with van der Waals surface area (Å²) in [6.45, 7) is 0. The van der Waals surface area contributed by atoms with Gasteiger partial charge in [0.1, 0.15) is 0 Å². The number of aryl methyl sites for hydroxylation is 1. The first kappa shape index (κ1) is 16.0. The van der Waals surface area contributed by atoms with Gasteiger partial charge in [-0.25, -0.2) is 0 Å². The molecule has 2 atom stereocenters. The Balaban J connectivity index is 1.69. The lowest BCUT2D eigenvalue weighted by atomic mass is 9.91. The second-order valence-electron chi connectivity index (χ2n) is 6.12. The molecule has 116 valence electrons. The minimum Gasteiger partial charge on any atom is -0.391 e. The van der Waals surface area contributed by atoms with E-state index < -0.39 is 0 Å². The Labute approximate surface area is 128 Å². The number of hydrogen-bond acceptors (Lipinski definition) is 2. The fraction of sp³-hybridized carbons (Fsp3) is 0.611. The minimum absolute atomic E-state index is 0.0281. The van der Waals surface area contributed by atoms with Crippen molar-refractivity contribution < 1.29 is 9.90 Å². The molecule has 1 aliphatic rings. The highest BCUT2D eigenvalue weighted by molar-refractivity contribution is 5.76. The molecule has 1 N–H and O–H groups in total. The van der Waals surface area contributed by atoms with Crippen LogP contribution in [-0.4, -0.2) is 35.1 Å². The van der Waals surface area contributed by atoms with Crippen LogP contribution in [0.15, 0.2) is 30.3 Å². The van der Waals surface area contributed by atoms with E-state index in [0.717, 1.165) is 44.9 Å². The smallest absolute Gasteiger partial charge is 0.222 e. The van der Waals surface area contributed by atoms with E-state index in [1.807, 2.05) is 13.1 Å². The van der Waals surface area contributed by atoms with Crippen LogP contribution in [-0.2, 0) is 11.2 Å². The van der Waals surface area contributed by atoms with Gasteiger partial charge in [-0.3, -0.25) is 4.79 Å². The number of carbonyl (C=O) groups excluding carboxylic acids is 1. The van der Waals surface area contributed by atoms with Crippen molar-refractivity contribution in [2.75, 3.05) is 7.05 Å². The lowest BCUT2D eigenvalue weighted by Crippen LogP contribution is -2.46. The summed E-state index contributed by atoms with van der Waals surface area (Å²) in [5, 5.41) is 10.0. The summed E-state index contributed by atoms with van der Waals surface area (Å²) in [4.78, 5) is 14.0. The lowest BCUT2D eigenvalue weighted by molar-refractivity contribution is -0.135. The summed E-state index contributed by atoms with van der Waals surface area (Å²) in [5.74, 6) is 0.175. The van der Waals surface area contributed by atoms with Gasteiger partial charge in [0.05, 0.1) is 12.1 Å². The van der Waals surface area contributed by atoms with E-state index in [9.17, 15) is 9.90 Å². The van der Waals surface area contributed by atoms with Crippen LogP contribution in [0.4, 0.5) is 0 Å². The third-order valence-electron chi connectivity index (χ3n) is 4.53. The maximum Gasteiger partial charge on any atom is 0.222 e. The number of carbonyl (C=O) groups is 1. The predicted molar refractivity (Wildman–Crippen MR) is 85.0 cm³/mol. The SMILES string of the molecule is CN(C(=O)CCCCc1ccccc1)[C@@H]1CCCC[C@@H]1O. The van der Waals surface area contributed by atoms with Crippen LogP contribution in [0.1, 0.15) is 50.5 Å². The van der Waals surface area contributed by atoms with Gasteiger partial charge >= 0.3 is 0 Å². The van der Waals surface area contributed by atoms with Crippen molar-refractivity contribution in [3.8, 4) is 0 Å². The number of nitrogens with zero attached hydrogens (tertiary/aromatic N) is 1. The van der Waals surface area contributed by atoms with Crippen molar-refractivity contribution in [3.63, 3.8) is 0 Å². The third-order valence-corrected chi connectivity index (χ3v) is 4.53. The Hall–Kier alpha value is -1.35. The Bertz CT molecular complexity index is 432. The molecule has 1 saturated carbocycles. The van der Waals surface area contributed by atoms with E-state index >= 15 is 0 Å². The average molecular weight is 289 g/mol. The highest BCUT2D eigenvalue weighted by atomic mass is 16.3. The zero-order chi connectivity index (χ0) is 15.1. The van der Waals surface area contributed by atoms with Gasteiger partial charge in [0, 0.05) is 13.5 Å². The Morgan fingerprint density at radius 3 is 2.62 bits per heavy atom. The van der Waals surface area contributed by atoms with Crippen LogP contribution < -0.4 is 0 Å². The summed E-state index contributed by atoms with van der Waals surface area (Å²) in [5.41, 5.74) is 1.33. The van der Waals surface area contributed by atoms with Gasteiger partial charge in [-0.2, -0.15) is 0 Å². The molecule has 0 aromatic heterocycles. The molecule has 0 heterocycles. The van der Waals surface area contributed by atoms with Crippen molar-refractivity contribution >= 4 is 5.91 Å². The zero-order valence-corrected chi connectivity index (χ0v) is 13.0. The molecule has 0 spiro atoms. The van der Waals surface area contributed by atoms with Gasteiger partial charge < -0.3 is 10.0 Å². The van der Waals surface area contributed by atoms with Crippen LogP contribution in [0.5, 0.6) is 0 Å². The molecule has 1 aromatic rings. The quantitative estimate of drug-likeness (QED) is 0.817. The van der Waals surface area contributed by atoms with Crippen LogP contribution in [0.3, 0.4) is 0 Å². The van der Waals surface area contributed by atoms with Crippen molar-refractivity contribution in [2.45, 2.75) is 63.5 Å². The topological polar surface area (TPSA) is 40.5 Å². The van der Waals surface area contributed by atoms with E-state index in [4.69, 9.17) is 0 Å². The molecule has 1 fully saturated rings. The number of unbranched alkanes of at least 4 members (excludes halogenated alkanes) is 1. The van der Waals surface area contributed by atoms with E-state index in [1.54, 1.807) is 4.90 Å². The first-order valence-electron chi connectivity index (χ1n) is 8.16. The number of hydrogen-bond donors (Lipinski definition) is 1. The molecule has 0 radical (unpaired) electrons. The lowest BCUT2D eigenvalue weighted by Gasteiger charge is -2.35.